The molecule has 28 heavy (non-hydrogen) atoms. The van der Waals surface area contributed by atoms with Gasteiger partial charge in [0.25, 0.3) is 0 Å². The monoisotopic (exact) mass is 398 g/mol. The molecule has 150 valence electrons. The molecule has 2 aromatic rings. The number of carbonyl (C=O) groups is 1. The molecule has 0 atom stereocenters. The topological polar surface area (TPSA) is 39.7 Å². The zero-order valence-corrected chi connectivity index (χ0v) is 17.4. The Morgan fingerprint density at radius 3 is 2.29 bits per heavy atom. The lowest BCUT2D eigenvalue weighted by Gasteiger charge is -2.34. The molecule has 0 N–H and O–H groups in total. The van der Waals surface area contributed by atoms with Gasteiger partial charge in [-0.2, -0.15) is 0 Å². The number of aromatic nitrogens is 1. The average Bonchev–Trinajstić information content (AvgIpc) is 3.02. The lowest BCUT2D eigenvalue weighted by atomic mass is 10.2. The van der Waals surface area contributed by atoms with Gasteiger partial charge in [0, 0.05) is 50.2 Å². The maximum atomic E-state index is 12.6. The van der Waals surface area contributed by atoms with Crippen LogP contribution >= 0.6 is 11.3 Å². The average molecular weight is 399 g/mol. The summed E-state index contributed by atoms with van der Waals surface area (Å²) in [4.78, 5) is 24.3. The number of nitrogens with zero attached hydrogens (tertiary/aromatic N) is 4. The number of likely N-dealkylation sites (tertiary alicyclic amines) is 1. The van der Waals surface area contributed by atoms with E-state index in [-0.39, 0.29) is 0 Å². The van der Waals surface area contributed by atoms with E-state index in [0.717, 1.165) is 64.3 Å². The van der Waals surface area contributed by atoms with Crippen molar-refractivity contribution in [3.63, 3.8) is 0 Å². The van der Waals surface area contributed by atoms with Gasteiger partial charge in [-0.3, -0.25) is 14.6 Å². The van der Waals surface area contributed by atoms with Gasteiger partial charge in [-0.25, -0.2) is 4.98 Å². The van der Waals surface area contributed by atoms with E-state index in [4.69, 9.17) is 4.98 Å². The van der Waals surface area contributed by atoms with Crippen LogP contribution in [0.25, 0.3) is 11.3 Å². The molecule has 0 unspecified atom stereocenters. The summed E-state index contributed by atoms with van der Waals surface area (Å²) in [5.41, 5.74) is 2.25. The van der Waals surface area contributed by atoms with Crippen LogP contribution in [0.4, 0.5) is 0 Å². The molecule has 2 aliphatic heterocycles. The molecule has 2 aliphatic rings. The molecule has 5 nitrogen and oxygen atoms in total. The molecule has 0 spiro atoms. The van der Waals surface area contributed by atoms with Crippen LogP contribution in [0.1, 0.15) is 30.7 Å². The summed E-state index contributed by atoms with van der Waals surface area (Å²) in [6, 6.07) is 10.4. The highest BCUT2D eigenvalue weighted by Crippen LogP contribution is 2.22. The van der Waals surface area contributed by atoms with Crippen molar-refractivity contribution in [1.29, 1.82) is 0 Å². The summed E-state index contributed by atoms with van der Waals surface area (Å²) in [6.45, 7) is 7.35. The van der Waals surface area contributed by atoms with Gasteiger partial charge >= 0.3 is 0 Å². The predicted molar refractivity (Wildman–Crippen MR) is 114 cm³/mol. The van der Waals surface area contributed by atoms with Crippen LogP contribution in [0.15, 0.2) is 35.7 Å². The van der Waals surface area contributed by atoms with Crippen LogP contribution in [0, 0.1) is 0 Å². The van der Waals surface area contributed by atoms with Crippen molar-refractivity contribution in [1.82, 2.24) is 19.7 Å². The second kappa shape index (κ2) is 9.63. The highest BCUT2D eigenvalue weighted by Gasteiger charge is 2.22. The molecule has 0 saturated carbocycles. The highest BCUT2D eigenvalue weighted by molar-refractivity contribution is 7.09. The third-order valence-corrected chi connectivity index (χ3v) is 6.60. The molecular formula is C22H30N4OS. The molecular weight excluding hydrogens is 368 g/mol. The van der Waals surface area contributed by atoms with Gasteiger partial charge in [0.15, 0.2) is 0 Å². The third-order valence-electron chi connectivity index (χ3n) is 5.76. The smallest absolute Gasteiger partial charge is 0.236 e. The molecule has 1 aromatic carbocycles. The van der Waals surface area contributed by atoms with Crippen molar-refractivity contribution in [3.8, 4) is 11.3 Å². The molecule has 0 aliphatic carbocycles. The van der Waals surface area contributed by atoms with E-state index < -0.39 is 0 Å². The van der Waals surface area contributed by atoms with E-state index in [1.54, 1.807) is 11.3 Å². The molecule has 2 fully saturated rings. The van der Waals surface area contributed by atoms with Crippen molar-refractivity contribution in [2.45, 2.75) is 32.2 Å². The first-order valence-electron chi connectivity index (χ1n) is 10.5. The van der Waals surface area contributed by atoms with Crippen molar-refractivity contribution < 1.29 is 4.79 Å². The van der Waals surface area contributed by atoms with Gasteiger partial charge in [0.05, 0.1) is 18.8 Å². The lowest BCUT2D eigenvalue weighted by Crippen LogP contribution is -2.49. The number of rotatable bonds is 5. The number of thiazole rings is 1. The second-order valence-electron chi connectivity index (χ2n) is 7.84. The fraction of sp³-hybridized carbons (Fsp3) is 0.545. The number of piperazine rings is 1. The Kier molecular flexibility index (Phi) is 6.73. The van der Waals surface area contributed by atoms with Crippen LogP contribution < -0.4 is 0 Å². The number of hydrogen-bond acceptors (Lipinski definition) is 5. The summed E-state index contributed by atoms with van der Waals surface area (Å²) < 4.78 is 0. The quantitative estimate of drug-likeness (QED) is 0.775. The minimum absolute atomic E-state index is 0.322. The number of amides is 1. The standard InChI is InChI=1S/C22H30N4OS/c27-22(26-10-6-1-2-7-11-26)17-25-14-12-24(13-15-25)16-21-23-20(18-28-21)19-8-4-3-5-9-19/h3-5,8-9,18H,1-2,6-7,10-17H2. The zero-order valence-electron chi connectivity index (χ0n) is 16.6. The fourth-order valence-corrected chi connectivity index (χ4v) is 4.88. The van der Waals surface area contributed by atoms with E-state index in [2.05, 4.69) is 44.3 Å². The first kappa shape index (κ1) is 19.6. The maximum absolute atomic E-state index is 12.6. The SMILES string of the molecule is O=C(CN1CCN(Cc2nc(-c3ccccc3)cs2)CC1)N1CCCCCC1. The van der Waals surface area contributed by atoms with E-state index in [1.807, 2.05) is 6.07 Å². The normalized spacial score (nSPS) is 19.5. The Balaban J connectivity index is 1.23. The van der Waals surface area contributed by atoms with E-state index in [9.17, 15) is 4.79 Å². The van der Waals surface area contributed by atoms with Gasteiger partial charge in [0.1, 0.15) is 5.01 Å². The van der Waals surface area contributed by atoms with Gasteiger partial charge < -0.3 is 4.90 Å². The van der Waals surface area contributed by atoms with Crippen molar-refractivity contribution in [2.24, 2.45) is 0 Å². The Morgan fingerprint density at radius 1 is 0.893 bits per heavy atom. The third kappa shape index (κ3) is 5.19. The van der Waals surface area contributed by atoms with Crippen LogP contribution in [0.2, 0.25) is 0 Å². The second-order valence-corrected chi connectivity index (χ2v) is 8.78. The first-order valence-corrected chi connectivity index (χ1v) is 11.4. The van der Waals surface area contributed by atoms with E-state index >= 15 is 0 Å². The maximum Gasteiger partial charge on any atom is 0.236 e. The lowest BCUT2D eigenvalue weighted by molar-refractivity contribution is -0.132. The van der Waals surface area contributed by atoms with Crippen LogP contribution in [0.5, 0.6) is 0 Å². The minimum Gasteiger partial charge on any atom is -0.342 e. The largest absolute Gasteiger partial charge is 0.342 e. The van der Waals surface area contributed by atoms with Gasteiger partial charge in [0.2, 0.25) is 5.91 Å². The van der Waals surface area contributed by atoms with Gasteiger partial charge in [-0.15, -0.1) is 11.3 Å². The van der Waals surface area contributed by atoms with Gasteiger partial charge in [-0.1, -0.05) is 43.2 Å². The number of benzene rings is 1. The van der Waals surface area contributed by atoms with Crippen molar-refractivity contribution in [3.05, 3.63) is 40.7 Å². The van der Waals surface area contributed by atoms with E-state index in [1.165, 1.54) is 23.4 Å². The van der Waals surface area contributed by atoms with E-state index in [0.29, 0.717) is 12.5 Å². The minimum atomic E-state index is 0.322. The fourth-order valence-electron chi connectivity index (χ4n) is 4.03. The Bertz CT molecular complexity index is 747. The number of hydrogen-bond donors (Lipinski definition) is 0. The van der Waals surface area contributed by atoms with Crippen LogP contribution in [-0.4, -0.2) is 71.4 Å². The van der Waals surface area contributed by atoms with Crippen molar-refractivity contribution >= 4 is 17.2 Å². The summed E-state index contributed by atoms with van der Waals surface area (Å²) in [7, 11) is 0. The Morgan fingerprint density at radius 2 is 1.57 bits per heavy atom. The highest BCUT2D eigenvalue weighted by atomic mass is 32.1. The van der Waals surface area contributed by atoms with Crippen molar-refractivity contribution in [2.75, 3.05) is 45.8 Å². The molecule has 2 saturated heterocycles. The molecule has 3 heterocycles. The Labute approximate surface area is 172 Å². The summed E-state index contributed by atoms with van der Waals surface area (Å²) in [6.07, 6.45) is 4.87. The molecule has 6 heteroatoms. The summed E-state index contributed by atoms with van der Waals surface area (Å²) in [5.74, 6) is 0.322. The van der Waals surface area contributed by atoms with Crippen LogP contribution in [-0.2, 0) is 11.3 Å². The molecule has 1 aromatic heterocycles. The molecule has 0 bridgehead atoms. The van der Waals surface area contributed by atoms with Crippen LogP contribution in [0.3, 0.4) is 0 Å². The molecule has 1 amide bonds. The molecule has 0 radical (unpaired) electrons. The summed E-state index contributed by atoms with van der Waals surface area (Å²) in [5, 5.41) is 3.33. The first-order chi connectivity index (χ1) is 13.8. The Hall–Kier alpha value is -1.76. The summed E-state index contributed by atoms with van der Waals surface area (Å²) >= 11 is 1.74. The molecule has 4 rings (SSSR count). The number of carbonyl (C=O) groups excluding carboxylic acids is 1. The zero-order chi connectivity index (χ0) is 19.2. The predicted octanol–water partition coefficient (Wildman–Crippen LogP) is 3.33. The van der Waals surface area contributed by atoms with Gasteiger partial charge in [-0.05, 0) is 12.8 Å².